The van der Waals surface area contributed by atoms with Crippen LogP contribution in [0.1, 0.15) is 24.0 Å². The molecular formula is C14H18F3N3O. The minimum absolute atomic E-state index is 0.0553. The zero-order chi connectivity index (χ0) is 15.5. The largest absolute Gasteiger partial charge is 0.416 e. The molecule has 1 aromatic carbocycles. The van der Waals surface area contributed by atoms with Gasteiger partial charge in [0.05, 0.1) is 5.56 Å². The van der Waals surface area contributed by atoms with Crippen LogP contribution in [0, 0.1) is 0 Å². The highest BCUT2D eigenvalue weighted by Gasteiger charge is 2.33. The molecule has 0 radical (unpaired) electrons. The highest BCUT2D eigenvalue weighted by Crippen LogP contribution is 2.34. The van der Waals surface area contributed by atoms with Crippen molar-refractivity contribution in [2.75, 3.05) is 25.0 Å². The number of benzene rings is 1. The fourth-order valence-corrected chi connectivity index (χ4v) is 2.56. The van der Waals surface area contributed by atoms with Gasteiger partial charge in [0.2, 0.25) is 0 Å². The standard InChI is InChI=1S/C14H18F3N3O/c15-14(16,17)12-9-11(19-13(18)21)4-3-10(12)5-8-20-6-1-2-7-20/h3-4,9H,1-2,5-8H2,(H3,18,19,21). The molecule has 0 aliphatic carbocycles. The maximum atomic E-state index is 13.1. The number of urea groups is 1. The van der Waals surface area contributed by atoms with Crippen LogP contribution in [-0.4, -0.2) is 30.6 Å². The zero-order valence-corrected chi connectivity index (χ0v) is 11.5. The molecule has 4 nitrogen and oxygen atoms in total. The van der Waals surface area contributed by atoms with Gasteiger partial charge in [-0.1, -0.05) is 6.07 Å². The summed E-state index contributed by atoms with van der Waals surface area (Å²) in [6, 6.07) is 2.90. The Morgan fingerprint density at radius 2 is 1.95 bits per heavy atom. The SMILES string of the molecule is NC(=O)Nc1ccc(CCN2CCCC2)c(C(F)(F)F)c1. The molecule has 2 amide bonds. The van der Waals surface area contributed by atoms with Gasteiger partial charge in [0.1, 0.15) is 0 Å². The Labute approximate surface area is 121 Å². The van der Waals surface area contributed by atoms with Crippen LogP contribution >= 0.6 is 0 Å². The monoisotopic (exact) mass is 301 g/mol. The molecule has 3 N–H and O–H groups in total. The van der Waals surface area contributed by atoms with E-state index >= 15 is 0 Å². The van der Waals surface area contributed by atoms with Crippen molar-refractivity contribution in [3.8, 4) is 0 Å². The predicted molar refractivity (Wildman–Crippen MR) is 74.0 cm³/mol. The van der Waals surface area contributed by atoms with Crippen LogP contribution in [0.3, 0.4) is 0 Å². The summed E-state index contributed by atoms with van der Waals surface area (Å²) in [7, 11) is 0. The van der Waals surface area contributed by atoms with Crippen LogP contribution in [0.2, 0.25) is 0 Å². The van der Waals surface area contributed by atoms with Gasteiger partial charge >= 0.3 is 12.2 Å². The number of primary amides is 1. The molecule has 0 saturated carbocycles. The van der Waals surface area contributed by atoms with Gasteiger partial charge in [-0.2, -0.15) is 13.2 Å². The number of carbonyl (C=O) groups excluding carboxylic acids is 1. The molecule has 2 rings (SSSR count). The number of hydrogen-bond donors (Lipinski definition) is 2. The predicted octanol–water partition coefficient (Wildman–Crippen LogP) is 2.83. The third-order valence-corrected chi connectivity index (χ3v) is 3.58. The number of rotatable bonds is 4. The van der Waals surface area contributed by atoms with Crippen LogP contribution < -0.4 is 11.1 Å². The Morgan fingerprint density at radius 1 is 1.29 bits per heavy atom. The Hall–Kier alpha value is -1.76. The van der Waals surface area contributed by atoms with Crippen molar-refractivity contribution in [3.05, 3.63) is 29.3 Å². The Bertz CT molecular complexity index is 511. The number of nitrogens with two attached hydrogens (primary N) is 1. The van der Waals surface area contributed by atoms with Gasteiger partial charge in [-0.3, -0.25) is 0 Å². The third kappa shape index (κ3) is 4.35. The number of hydrogen-bond acceptors (Lipinski definition) is 2. The summed E-state index contributed by atoms with van der Waals surface area (Å²) in [4.78, 5) is 12.9. The summed E-state index contributed by atoms with van der Waals surface area (Å²) in [6.45, 7) is 2.51. The summed E-state index contributed by atoms with van der Waals surface area (Å²) in [5, 5.41) is 2.17. The van der Waals surface area contributed by atoms with Crippen LogP contribution in [0.15, 0.2) is 18.2 Å². The van der Waals surface area contributed by atoms with Gasteiger partial charge < -0.3 is 16.0 Å². The lowest BCUT2D eigenvalue weighted by Gasteiger charge is -2.18. The number of nitrogens with zero attached hydrogens (tertiary/aromatic N) is 1. The number of likely N-dealkylation sites (tertiary alicyclic amines) is 1. The zero-order valence-electron chi connectivity index (χ0n) is 11.5. The smallest absolute Gasteiger partial charge is 0.351 e. The van der Waals surface area contributed by atoms with Crippen LogP contribution in [0.5, 0.6) is 0 Å². The van der Waals surface area contributed by atoms with E-state index in [-0.39, 0.29) is 11.3 Å². The average molecular weight is 301 g/mol. The molecule has 1 aromatic rings. The van der Waals surface area contributed by atoms with E-state index in [0.29, 0.717) is 13.0 Å². The first-order valence-corrected chi connectivity index (χ1v) is 6.85. The normalized spacial score (nSPS) is 16.1. The molecule has 21 heavy (non-hydrogen) atoms. The summed E-state index contributed by atoms with van der Waals surface area (Å²) >= 11 is 0. The van der Waals surface area contributed by atoms with Crippen molar-refractivity contribution in [1.29, 1.82) is 0 Å². The molecule has 1 heterocycles. The topological polar surface area (TPSA) is 58.4 Å². The molecule has 1 aliphatic heterocycles. The van der Waals surface area contributed by atoms with Gasteiger partial charge in [-0.25, -0.2) is 4.79 Å². The number of anilines is 1. The number of nitrogens with one attached hydrogen (secondary N) is 1. The van der Waals surface area contributed by atoms with Crippen LogP contribution in [-0.2, 0) is 12.6 Å². The van der Waals surface area contributed by atoms with Gasteiger partial charge in [-0.05, 0) is 50.0 Å². The fraction of sp³-hybridized carbons (Fsp3) is 0.500. The third-order valence-electron chi connectivity index (χ3n) is 3.58. The summed E-state index contributed by atoms with van der Waals surface area (Å²) in [6.07, 6.45) is -1.90. The minimum Gasteiger partial charge on any atom is -0.351 e. The Kier molecular flexibility index (Phi) is 4.72. The van der Waals surface area contributed by atoms with Crippen molar-refractivity contribution in [2.24, 2.45) is 5.73 Å². The van der Waals surface area contributed by atoms with Gasteiger partial charge in [-0.15, -0.1) is 0 Å². The Morgan fingerprint density at radius 3 is 2.52 bits per heavy atom. The van der Waals surface area contributed by atoms with E-state index in [9.17, 15) is 18.0 Å². The lowest BCUT2D eigenvalue weighted by atomic mass is 10.0. The van der Waals surface area contributed by atoms with Crippen molar-refractivity contribution >= 4 is 11.7 Å². The average Bonchev–Trinajstić information content (AvgIpc) is 2.88. The first-order chi connectivity index (χ1) is 9.86. The van der Waals surface area contributed by atoms with Crippen molar-refractivity contribution in [2.45, 2.75) is 25.4 Å². The van der Waals surface area contributed by atoms with Crippen LogP contribution in [0.4, 0.5) is 23.7 Å². The van der Waals surface area contributed by atoms with E-state index in [2.05, 4.69) is 10.2 Å². The molecule has 0 spiro atoms. The molecular weight excluding hydrogens is 283 g/mol. The lowest BCUT2D eigenvalue weighted by molar-refractivity contribution is -0.138. The van der Waals surface area contributed by atoms with Gasteiger partial charge in [0, 0.05) is 12.2 Å². The second-order valence-electron chi connectivity index (χ2n) is 5.16. The molecule has 7 heteroatoms. The molecule has 0 bridgehead atoms. The second kappa shape index (κ2) is 6.34. The maximum absolute atomic E-state index is 13.1. The van der Waals surface area contributed by atoms with Gasteiger partial charge in [0.25, 0.3) is 0 Å². The van der Waals surface area contributed by atoms with E-state index in [1.165, 1.54) is 12.1 Å². The quantitative estimate of drug-likeness (QED) is 0.898. The summed E-state index contributed by atoms with van der Waals surface area (Å²) in [5.74, 6) is 0. The Balaban J connectivity index is 2.16. The first-order valence-electron chi connectivity index (χ1n) is 6.85. The van der Waals surface area contributed by atoms with Crippen LogP contribution in [0.25, 0.3) is 0 Å². The molecule has 1 aliphatic rings. The van der Waals surface area contributed by atoms with Crippen molar-refractivity contribution < 1.29 is 18.0 Å². The molecule has 1 saturated heterocycles. The van der Waals surface area contributed by atoms with E-state index in [0.717, 1.165) is 32.0 Å². The van der Waals surface area contributed by atoms with E-state index in [4.69, 9.17) is 5.73 Å². The highest BCUT2D eigenvalue weighted by molar-refractivity contribution is 5.87. The number of halogens is 3. The van der Waals surface area contributed by atoms with E-state index in [1.54, 1.807) is 0 Å². The summed E-state index contributed by atoms with van der Waals surface area (Å²) < 4.78 is 39.3. The summed E-state index contributed by atoms with van der Waals surface area (Å²) in [5.41, 5.74) is 4.51. The number of carbonyl (C=O) groups is 1. The minimum atomic E-state index is -4.45. The molecule has 1 fully saturated rings. The maximum Gasteiger partial charge on any atom is 0.416 e. The first kappa shape index (κ1) is 15.6. The molecule has 0 aromatic heterocycles. The fourth-order valence-electron chi connectivity index (χ4n) is 2.56. The van der Waals surface area contributed by atoms with Crippen molar-refractivity contribution in [3.63, 3.8) is 0 Å². The number of alkyl halides is 3. The van der Waals surface area contributed by atoms with E-state index < -0.39 is 17.8 Å². The highest BCUT2D eigenvalue weighted by atomic mass is 19.4. The van der Waals surface area contributed by atoms with Gasteiger partial charge in [0.15, 0.2) is 0 Å². The molecule has 0 atom stereocenters. The van der Waals surface area contributed by atoms with Crippen molar-refractivity contribution in [1.82, 2.24) is 4.90 Å². The number of amides is 2. The molecule has 0 unspecified atom stereocenters. The second-order valence-corrected chi connectivity index (χ2v) is 5.16. The molecule has 116 valence electrons. The lowest BCUT2D eigenvalue weighted by Crippen LogP contribution is -2.23. The van der Waals surface area contributed by atoms with E-state index in [1.807, 2.05) is 0 Å².